The molecule has 6 heterocycles. The molecule has 0 spiro atoms. The summed E-state index contributed by atoms with van der Waals surface area (Å²) in [5.41, 5.74) is 12.4. The van der Waals surface area contributed by atoms with Crippen LogP contribution in [0.1, 0.15) is 44.2 Å². The molecule has 24 N–H and O–H groups in total. The van der Waals surface area contributed by atoms with Crippen molar-refractivity contribution in [2.75, 3.05) is 46.1 Å². The fourth-order valence-electron chi connectivity index (χ4n) is 11.9. The maximum absolute atomic E-state index is 16.6. The largest absolute Gasteiger partial charge is 0.459 e. The Hall–Kier alpha value is -7.68. The molecule has 0 aliphatic carbocycles. The van der Waals surface area contributed by atoms with Gasteiger partial charge in [-0.15, -0.1) is 0 Å². The monoisotopic (exact) mass is 1400 g/mol. The van der Waals surface area contributed by atoms with Gasteiger partial charge in [-0.1, -0.05) is 57.2 Å². The van der Waals surface area contributed by atoms with Gasteiger partial charge in [-0.3, -0.25) is 43.5 Å². The van der Waals surface area contributed by atoms with Gasteiger partial charge in [0.25, 0.3) is 0 Å². The summed E-state index contributed by atoms with van der Waals surface area (Å²) in [7, 11) is 0. The Kier molecular flexibility index (Phi) is 26.0. The number of esters is 1. The summed E-state index contributed by atoms with van der Waals surface area (Å²) >= 11 is 0. The smallest absolute Gasteiger partial charge is 0.306 e. The van der Waals surface area contributed by atoms with E-state index in [1.165, 1.54) is 6.92 Å². The lowest BCUT2D eigenvalue weighted by Crippen LogP contribution is -2.70. The molecule has 6 aliphatic heterocycles. The normalized spacial score (nSPS) is 35.7. The van der Waals surface area contributed by atoms with Gasteiger partial charge >= 0.3 is 5.97 Å². The van der Waals surface area contributed by atoms with Crippen molar-refractivity contribution < 1.29 is 133 Å². The third kappa shape index (κ3) is 17.5. The van der Waals surface area contributed by atoms with Crippen molar-refractivity contribution in [2.45, 2.75) is 186 Å². The van der Waals surface area contributed by atoms with E-state index in [9.17, 15) is 90.4 Å². The third-order valence-electron chi connectivity index (χ3n) is 17.4. The highest BCUT2D eigenvalue weighted by Gasteiger charge is 2.55. The van der Waals surface area contributed by atoms with E-state index >= 15 is 14.0 Å². The lowest BCUT2D eigenvalue weighted by molar-refractivity contribution is -0.353. The van der Waals surface area contributed by atoms with E-state index in [0.717, 1.165) is 23.1 Å². The summed E-state index contributed by atoms with van der Waals surface area (Å²) in [6.45, 7) is -0.998. The number of guanidine groups is 2. The highest BCUT2D eigenvalue weighted by Crippen LogP contribution is 2.34. The number of carbonyl (C=O) groups is 7. The van der Waals surface area contributed by atoms with Crippen molar-refractivity contribution in [1.82, 2.24) is 42.1 Å². The van der Waals surface area contributed by atoms with Crippen LogP contribution in [0.5, 0.6) is 5.75 Å². The molecule has 0 radical (unpaired) electrons. The molecular weight excluding hydrogens is 1310 g/mol. The number of amides is 6. The average molecular weight is 1400 g/mol. The second kappa shape index (κ2) is 33.5. The van der Waals surface area contributed by atoms with Crippen molar-refractivity contribution in [2.24, 2.45) is 27.4 Å². The Morgan fingerprint density at radius 2 is 1.23 bits per heavy atom. The number of ether oxygens (including phenoxy) is 6. The van der Waals surface area contributed by atoms with Gasteiger partial charge in [0.2, 0.25) is 41.7 Å². The van der Waals surface area contributed by atoms with Crippen molar-refractivity contribution in [3.63, 3.8) is 0 Å². The lowest BCUT2D eigenvalue weighted by atomic mass is 9.92. The number of aliphatic imine (C=N–C) groups is 2. The molecule has 5 unspecified atom stereocenters. The first kappa shape index (κ1) is 76.1. The molecular formula is C59H85FN12O26. The highest BCUT2D eigenvalue weighted by molar-refractivity contribution is 5.98. The topological polar surface area (TPSA) is 602 Å². The van der Waals surface area contributed by atoms with Gasteiger partial charge in [0.05, 0.1) is 58.1 Å². The van der Waals surface area contributed by atoms with E-state index in [-0.39, 0.29) is 30.4 Å². The van der Waals surface area contributed by atoms with Crippen molar-refractivity contribution in [1.29, 1.82) is 0 Å². The maximum atomic E-state index is 16.6. The number of nitrogens with zero attached hydrogens (tertiary/aromatic N) is 3. The first-order chi connectivity index (χ1) is 46.5. The second-order valence-electron chi connectivity index (χ2n) is 24.7. The molecule has 39 heteroatoms. The Balaban J connectivity index is 1.11. The van der Waals surface area contributed by atoms with E-state index in [4.69, 9.17) is 39.9 Å². The molecule has 6 aliphatic rings. The number of hydrogen-bond donors (Lipinski definition) is 22. The van der Waals surface area contributed by atoms with Crippen LogP contribution in [0, 0.1) is 11.7 Å². The zero-order chi connectivity index (χ0) is 71.7. The van der Waals surface area contributed by atoms with Crippen LogP contribution in [0.15, 0.2) is 58.5 Å². The van der Waals surface area contributed by atoms with Crippen molar-refractivity contribution in [3.8, 4) is 5.75 Å². The molecule has 0 aromatic heterocycles. The van der Waals surface area contributed by atoms with Crippen LogP contribution in [0.25, 0.3) is 0 Å². The van der Waals surface area contributed by atoms with E-state index < -0.39 is 257 Å². The molecule has 25 atom stereocenters. The van der Waals surface area contributed by atoms with Gasteiger partial charge in [0, 0.05) is 18.8 Å². The molecule has 544 valence electrons. The van der Waals surface area contributed by atoms with Crippen molar-refractivity contribution >= 4 is 53.3 Å². The number of hydrogen-bond acceptors (Lipinski definition) is 32. The maximum Gasteiger partial charge on any atom is 0.306 e. The third-order valence-corrected chi connectivity index (χ3v) is 17.4. The Labute approximate surface area is 557 Å². The molecule has 4 fully saturated rings. The van der Waals surface area contributed by atoms with Crippen LogP contribution in [-0.2, 0) is 63.7 Å². The first-order valence-electron chi connectivity index (χ1n) is 31.3. The number of halogens is 1. The molecule has 8 rings (SSSR count). The van der Waals surface area contributed by atoms with Gasteiger partial charge in [-0.25, -0.2) is 4.39 Å². The predicted octanol–water partition coefficient (Wildman–Crippen LogP) is -11.9. The summed E-state index contributed by atoms with van der Waals surface area (Å²) < 4.78 is 50.6. The van der Waals surface area contributed by atoms with E-state index in [2.05, 4.69) is 47.2 Å². The van der Waals surface area contributed by atoms with Gasteiger partial charge in [-0.2, -0.15) is 0 Å². The fourth-order valence-corrected chi connectivity index (χ4v) is 11.9. The van der Waals surface area contributed by atoms with Crippen LogP contribution in [0.4, 0.5) is 4.39 Å². The number of carbonyl (C=O) groups excluding carboxylic acids is 7. The minimum Gasteiger partial charge on any atom is -0.459 e. The van der Waals surface area contributed by atoms with E-state index in [0.29, 0.717) is 5.56 Å². The van der Waals surface area contributed by atoms with Crippen LogP contribution in [0.2, 0.25) is 0 Å². The Morgan fingerprint density at radius 1 is 0.633 bits per heavy atom. The number of nitrogens with one attached hydrogen (secondary N) is 7. The van der Waals surface area contributed by atoms with Crippen LogP contribution in [0.3, 0.4) is 0 Å². The highest BCUT2D eigenvalue weighted by atomic mass is 19.1. The minimum absolute atomic E-state index is 0.159. The molecule has 2 aromatic carbocycles. The molecule has 4 saturated heterocycles. The van der Waals surface area contributed by atoms with Gasteiger partial charge < -0.3 is 148 Å². The number of nitrogens with two attached hydrogens (primary N) is 2. The fraction of sp³-hybridized carbons (Fsp3) is 0.644. The standard InChI is InChI=1S/C59H85FN12O26/c1-21(2)11-35(78)97-49-44(84)42(82)32(19-75)95-57(49)98-48-33(20-76)96-56(47(87)45(48)85)94-30-10-9-23(12-25(30)60)13-26-51(89)70-37(39(79)27-14-64-58(61)68-27)54(92)71-38(40(80)29-15-65-59(62)72(29)55-46(86)43(83)41(81)31(18-74)93-55)53(91)67-28(17-73)50(88)63-16-34(77)69-36(52(90)66-26)22(3)24-7-5-4-6-8-24/h4-10,12,21-22,26-29,31-33,36-49,55-57,73-76,79-87H,11,13-20H2,1-3H3,(H2,62,65)(H,63,88)(H,66,90)(H,67,91)(H,69,77)(H,70,89)(H,71,92)(H3,61,64,68)/t22?,26-,27?,28+,29?,31-,32-,33-,36+,37+,38-,39?,40?,41-,42-,43+,44+,45-,46+,47+,48-,49+,55+,56-,57-/m1/s1. The average Bonchev–Trinajstić information content (AvgIpc) is 1.40. The van der Waals surface area contributed by atoms with Crippen molar-refractivity contribution in [3.05, 3.63) is 65.5 Å². The molecule has 98 heavy (non-hydrogen) atoms. The summed E-state index contributed by atoms with van der Waals surface area (Å²) in [6, 6.07) is -2.36. The van der Waals surface area contributed by atoms with Gasteiger partial charge in [0.15, 0.2) is 42.1 Å². The Bertz CT molecular complexity index is 3180. The number of aliphatic hydroxyl groups excluding tert-OH is 13. The zero-order valence-electron chi connectivity index (χ0n) is 53.0. The van der Waals surface area contributed by atoms with E-state index in [1.54, 1.807) is 44.2 Å². The second-order valence-corrected chi connectivity index (χ2v) is 24.7. The summed E-state index contributed by atoms with van der Waals surface area (Å²) in [5, 5.41) is 159. The zero-order valence-corrected chi connectivity index (χ0v) is 53.0. The molecule has 38 nitrogen and oxygen atoms in total. The molecule has 0 saturated carbocycles. The molecule has 2 aromatic rings. The van der Waals surface area contributed by atoms with Crippen LogP contribution >= 0.6 is 0 Å². The summed E-state index contributed by atoms with van der Waals surface area (Å²) in [6.07, 6.45) is -33.5. The molecule has 6 amide bonds. The van der Waals surface area contributed by atoms with Crippen LogP contribution in [-0.4, -0.2) is 317 Å². The summed E-state index contributed by atoms with van der Waals surface area (Å²) in [4.78, 5) is 109. The quantitative estimate of drug-likeness (QED) is 0.0547. The van der Waals surface area contributed by atoms with Crippen LogP contribution < -0.4 is 53.4 Å². The SMILES string of the molecule is CC(C)CC(=O)O[C@@H]1[C@@H](O[C@H]2[C@H](O)[C@H](O)[C@H](Oc3ccc(C[C@H]4NC(=O)[C@H](C(C)c5ccccc5)NC(=O)CNC(=O)[C@H](CO)NC(=O)[C@@H](C(O)C5CN=C(N)N5[C@H]5O[C@H](CO)[C@@H](O)[C@H](O)[C@@H]5O)NC(=O)[C@H](C(O)C5CN=C(N)N5)NC4=O)cc3F)O[C@@H]2CO)O[C@H](CO)[C@@H](O)[C@@H]1O. The minimum atomic E-state index is -2.40. The number of aliphatic hydroxyl groups is 13. The molecule has 0 bridgehead atoms. The summed E-state index contributed by atoms with van der Waals surface area (Å²) in [5.74, 6) is -12.5. The first-order valence-corrected chi connectivity index (χ1v) is 31.3. The van der Waals surface area contributed by atoms with Gasteiger partial charge in [0.1, 0.15) is 110 Å². The predicted molar refractivity (Wildman–Crippen MR) is 326 cm³/mol. The number of benzene rings is 2. The lowest BCUT2D eigenvalue weighted by Gasteiger charge is -2.46. The Morgan fingerprint density at radius 3 is 1.87 bits per heavy atom. The number of rotatable bonds is 20. The van der Waals surface area contributed by atoms with E-state index in [1.807, 2.05) is 0 Å². The van der Waals surface area contributed by atoms with Gasteiger partial charge in [-0.05, 0) is 29.2 Å².